The Morgan fingerprint density at radius 3 is 2.57 bits per heavy atom. The van der Waals surface area contributed by atoms with Crippen LogP contribution in [0, 0.1) is 5.92 Å². The summed E-state index contributed by atoms with van der Waals surface area (Å²) in [4.78, 5) is 14.3. The lowest BCUT2D eigenvalue weighted by Crippen LogP contribution is -2.41. The van der Waals surface area contributed by atoms with Crippen LogP contribution >= 0.6 is 0 Å². The van der Waals surface area contributed by atoms with Crippen molar-refractivity contribution in [1.82, 2.24) is 10.2 Å². The van der Waals surface area contributed by atoms with Crippen molar-refractivity contribution in [2.45, 2.75) is 45.6 Å². The van der Waals surface area contributed by atoms with Gasteiger partial charge >= 0.3 is 0 Å². The summed E-state index contributed by atoms with van der Waals surface area (Å²) in [5, 5.41) is 3.31. The average Bonchev–Trinajstić information content (AvgIpc) is 2.49. The van der Waals surface area contributed by atoms with Gasteiger partial charge in [0.05, 0.1) is 0 Å². The fraction of sp³-hybridized carbons (Fsp3) is 0.611. The largest absolute Gasteiger partial charge is 0.343 e. The van der Waals surface area contributed by atoms with Gasteiger partial charge in [0, 0.05) is 25.6 Å². The van der Waals surface area contributed by atoms with E-state index in [1.165, 1.54) is 5.56 Å². The fourth-order valence-electron chi connectivity index (χ4n) is 3.15. The first kappa shape index (κ1) is 16.0. The Morgan fingerprint density at radius 2 is 1.95 bits per heavy atom. The fourth-order valence-corrected chi connectivity index (χ4v) is 3.15. The second-order valence-electron chi connectivity index (χ2n) is 6.18. The van der Waals surface area contributed by atoms with Gasteiger partial charge in [0.1, 0.15) is 0 Å². The zero-order chi connectivity index (χ0) is 15.1. The van der Waals surface area contributed by atoms with E-state index in [9.17, 15) is 4.79 Å². The minimum absolute atomic E-state index is 0.282. The van der Waals surface area contributed by atoms with Crippen LogP contribution < -0.4 is 5.32 Å². The number of nitrogens with one attached hydrogen (secondary N) is 1. The summed E-state index contributed by atoms with van der Waals surface area (Å²) in [6.45, 7) is 6.94. The smallest absolute Gasteiger partial charge is 0.224 e. The maximum absolute atomic E-state index is 12.2. The number of carbonyl (C=O) groups is 1. The molecular weight excluding hydrogens is 260 g/mol. The van der Waals surface area contributed by atoms with Gasteiger partial charge in [-0.15, -0.1) is 0 Å². The van der Waals surface area contributed by atoms with Crippen molar-refractivity contribution in [3.05, 3.63) is 35.9 Å². The second-order valence-corrected chi connectivity index (χ2v) is 6.18. The van der Waals surface area contributed by atoms with Crippen LogP contribution in [0.5, 0.6) is 0 Å². The summed E-state index contributed by atoms with van der Waals surface area (Å²) in [5.74, 6) is 1.03. The van der Waals surface area contributed by atoms with Crippen LogP contribution in [0.3, 0.4) is 0 Å². The SMILES string of the molecule is CCNC(C)CC(=O)N1CCC(Cc2ccccc2)CC1. The predicted molar refractivity (Wildman–Crippen MR) is 87.2 cm³/mol. The molecule has 0 spiro atoms. The molecule has 1 fully saturated rings. The van der Waals surface area contributed by atoms with Gasteiger partial charge in [-0.05, 0) is 44.2 Å². The molecule has 1 aromatic carbocycles. The Hall–Kier alpha value is -1.35. The first-order chi connectivity index (χ1) is 10.2. The number of carbonyl (C=O) groups excluding carboxylic acids is 1. The maximum Gasteiger partial charge on any atom is 0.224 e. The van der Waals surface area contributed by atoms with Gasteiger partial charge in [0.25, 0.3) is 0 Å². The number of piperidine rings is 1. The van der Waals surface area contributed by atoms with Gasteiger partial charge in [-0.25, -0.2) is 0 Å². The number of amides is 1. The van der Waals surface area contributed by atoms with Gasteiger partial charge in [-0.3, -0.25) is 4.79 Å². The highest BCUT2D eigenvalue weighted by molar-refractivity contribution is 5.76. The average molecular weight is 288 g/mol. The van der Waals surface area contributed by atoms with Gasteiger partial charge < -0.3 is 10.2 Å². The highest BCUT2D eigenvalue weighted by atomic mass is 16.2. The predicted octanol–water partition coefficient (Wildman–Crippen LogP) is 2.86. The molecule has 1 amide bonds. The van der Waals surface area contributed by atoms with Gasteiger partial charge in [0.2, 0.25) is 5.91 Å². The first-order valence-electron chi connectivity index (χ1n) is 8.24. The van der Waals surface area contributed by atoms with Crippen molar-refractivity contribution < 1.29 is 4.79 Å². The van der Waals surface area contributed by atoms with E-state index in [0.717, 1.165) is 44.8 Å². The van der Waals surface area contributed by atoms with E-state index in [-0.39, 0.29) is 6.04 Å². The summed E-state index contributed by atoms with van der Waals surface area (Å²) in [5.41, 5.74) is 1.42. The van der Waals surface area contributed by atoms with Crippen LogP contribution in [-0.4, -0.2) is 36.5 Å². The van der Waals surface area contributed by atoms with E-state index in [4.69, 9.17) is 0 Å². The monoisotopic (exact) mass is 288 g/mol. The van der Waals surface area contributed by atoms with E-state index < -0.39 is 0 Å². The molecule has 0 saturated carbocycles. The third-order valence-electron chi connectivity index (χ3n) is 4.37. The van der Waals surface area contributed by atoms with E-state index >= 15 is 0 Å². The molecule has 0 aromatic heterocycles. The summed E-state index contributed by atoms with van der Waals surface area (Å²) >= 11 is 0. The molecule has 1 atom stereocenters. The Kier molecular flexibility index (Phi) is 6.24. The van der Waals surface area contributed by atoms with E-state index in [0.29, 0.717) is 12.3 Å². The number of hydrogen-bond donors (Lipinski definition) is 1. The highest BCUT2D eigenvalue weighted by Gasteiger charge is 2.23. The van der Waals surface area contributed by atoms with Crippen LogP contribution in [0.4, 0.5) is 0 Å². The lowest BCUT2D eigenvalue weighted by molar-refractivity contribution is -0.133. The topological polar surface area (TPSA) is 32.3 Å². The van der Waals surface area contributed by atoms with Crippen LogP contribution in [0.15, 0.2) is 30.3 Å². The number of rotatable bonds is 6. The number of likely N-dealkylation sites (tertiary alicyclic amines) is 1. The standard InChI is InChI=1S/C18H28N2O/c1-3-19-15(2)13-18(21)20-11-9-17(10-12-20)14-16-7-5-4-6-8-16/h4-8,15,17,19H,3,9-14H2,1-2H3. The Morgan fingerprint density at radius 1 is 1.29 bits per heavy atom. The molecule has 1 aliphatic heterocycles. The number of hydrogen-bond acceptors (Lipinski definition) is 2. The lowest BCUT2D eigenvalue weighted by atomic mass is 9.90. The van der Waals surface area contributed by atoms with Crippen molar-refractivity contribution in [2.24, 2.45) is 5.92 Å². The van der Waals surface area contributed by atoms with Crippen LogP contribution in [-0.2, 0) is 11.2 Å². The molecule has 1 unspecified atom stereocenters. The molecule has 21 heavy (non-hydrogen) atoms. The van der Waals surface area contributed by atoms with Crippen molar-refractivity contribution in [3.8, 4) is 0 Å². The summed E-state index contributed by atoms with van der Waals surface area (Å²) < 4.78 is 0. The Bertz CT molecular complexity index is 424. The van der Waals surface area contributed by atoms with Gasteiger partial charge in [-0.1, -0.05) is 37.3 Å². The molecule has 1 aromatic rings. The molecule has 2 rings (SSSR count). The van der Waals surface area contributed by atoms with Crippen molar-refractivity contribution in [3.63, 3.8) is 0 Å². The zero-order valence-corrected chi connectivity index (χ0v) is 13.3. The van der Waals surface area contributed by atoms with Crippen molar-refractivity contribution in [1.29, 1.82) is 0 Å². The first-order valence-corrected chi connectivity index (χ1v) is 8.24. The molecular formula is C18H28N2O. The van der Waals surface area contributed by atoms with Gasteiger partial charge in [0.15, 0.2) is 0 Å². The van der Waals surface area contributed by atoms with Crippen molar-refractivity contribution >= 4 is 5.91 Å². The number of benzene rings is 1. The van der Waals surface area contributed by atoms with Crippen molar-refractivity contribution in [2.75, 3.05) is 19.6 Å². The molecule has 3 heteroatoms. The Labute approximate surface area is 128 Å². The molecule has 0 aliphatic carbocycles. The molecule has 116 valence electrons. The van der Waals surface area contributed by atoms with E-state index in [1.54, 1.807) is 0 Å². The quantitative estimate of drug-likeness (QED) is 0.873. The normalized spacial score (nSPS) is 17.7. The minimum atomic E-state index is 0.282. The van der Waals surface area contributed by atoms with Crippen LogP contribution in [0.1, 0.15) is 38.7 Å². The van der Waals surface area contributed by atoms with E-state index in [1.807, 2.05) is 0 Å². The maximum atomic E-state index is 12.2. The Balaban J connectivity index is 1.74. The summed E-state index contributed by atoms with van der Waals surface area (Å²) in [6, 6.07) is 11.0. The van der Waals surface area contributed by atoms with Crippen LogP contribution in [0.25, 0.3) is 0 Å². The summed E-state index contributed by atoms with van der Waals surface area (Å²) in [6.07, 6.45) is 4.04. The third-order valence-corrected chi connectivity index (χ3v) is 4.37. The zero-order valence-electron chi connectivity index (χ0n) is 13.3. The van der Waals surface area contributed by atoms with E-state index in [2.05, 4.69) is 54.4 Å². The lowest BCUT2D eigenvalue weighted by Gasteiger charge is -2.33. The number of nitrogens with zero attached hydrogens (tertiary/aromatic N) is 1. The second kappa shape index (κ2) is 8.18. The molecule has 1 N–H and O–H groups in total. The third kappa shape index (κ3) is 5.16. The molecule has 3 nitrogen and oxygen atoms in total. The minimum Gasteiger partial charge on any atom is -0.343 e. The molecule has 1 heterocycles. The molecule has 1 saturated heterocycles. The summed E-state index contributed by atoms with van der Waals surface area (Å²) in [7, 11) is 0. The van der Waals surface area contributed by atoms with Gasteiger partial charge in [-0.2, -0.15) is 0 Å². The molecule has 0 bridgehead atoms. The molecule has 0 radical (unpaired) electrons. The highest BCUT2D eigenvalue weighted by Crippen LogP contribution is 2.22. The molecule has 1 aliphatic rings. The van der Waals surface area contributed by atoms with Crippen LogP contribution in [0.2, 0.25) is 0 Å².